The van der Waals surface area contributed by atoms with Gasteiger partial charge < -0.3 is 29.2 Å². The predicted octanol–water partition coefficient (Wildman–Crippen LogP) is 1.88. The Bertz CT molecular complexity index is 1240. The van der Waals surface area contributed by atoms with Gasteiger partial charge in [-0.05, 0) is 37.6 Å². The zero-order valence-electron chi connectivity index (χ0n) is 19.7. The Morgan fingerprint density at radius 1 is 1.00 bits per heavy atom. The third-order valence-electron chi connectivity index (χ3n) is 5.16. The third kappa shape index (κ3) is 5.64. The van der Waals surface area contributed by atoms with Gasteiger partial charge in [0.2, 0.25) is 0 Å². The minimum Gasteiger partial charge on any atom is -0.490 e. The molecule has 0 unspecified atom stereocenters. The third-order valence-corrected chi connectivity index (χ3v) is 5.16. The monoisotopic (exact) mass is 471 g/mol. The summed E-state index contributed by atoms with van der Waals surface area (Å²) in [6.45, 7) is 4.73. The Hall–Kier alpha value is -3.63. The molecule has 10 heteroatoms. The number of hydrogen-bond donors (Lipinski definition) is 2. The van der Waals surface area contributed by atoms with Gasteiger partial charge in [-0.15, -0.1) is 0 Å². The van der Waals surface area contributed by atoms with Gasteiger partial charge in [-0.25, -0.2) is 4.79 Å². The van der Waals surface area contributed by atoms with E-state index >= 15 is 0 Å². The van der Waals surface area contributed by atoms with E-state index in [-0.39, 0.29) is 19.0 Å². The van der Waals surface area contributed by atoms with Crippen LogP contribution in [0.4, 0.5) is 0 Å². The molecule has 2 N–H and O–H groups in total. The maximum atomic E-state index is 13.1. The number of benzene rings is 2. The first-order valence-corrected chi connectivity index (χ1v) is 10.9. The largest absolute Gasteiger partial charge is 0.490 e. The first-order chi connectivity index (χ1) is 16.4. The molecule has 3 aromatic rings. The molecule has 0 atom stereocenters. The zero-order chi connectivity index (χ0) is 24.7. The van der Waals surface area contributed by atoms with Gasteiger partial charge in [-0.1, -0.05) is 12.1 Å². The number of nitrogens with zero attached hydrogens (tertiary/aromatic N) is 1. The van der Waals surface area contributed by atoms with E-state index < -0.39 is 17.5 Å². The quantitative estimate of drug-likeness (QED) is 0.410. The van der Waals surface area contributed by atoms with Gasteiger partial charge in [0.25, 0.3) is 11.5 Å². The minimum absolute atomic E-state index is 0.0403. The van der Waals surface area contributed by atoms with Crippen molar-refractivity contribution in [1.82, 2.24) is 14.9 Å². The van der Waals surface area contributed by atoms with Gasteiger partial charge in [0.15, 0.2) is 17.8 Å². The Kier molecular flexibility index (Phi) is 8.44. The van der Waals surface area contributed by atoms with Crippen LogP contribution in [-0.2, 0) is 16.0 Å². The van der Waals surface area contributed by atoms with Crippen LogP contribution in [0.15, 0.2) is 46.0 Å². The molecule has 0 bridgehead atoms. The molecular formula is C24H29N3O7. The van der Waals surface area contributed by atoms with Gasteiger partial charge in [0, 0.05) is 25.8 Å². The van der Waals surface area contributed by atoms with Crippen molar-refractivity contribution < 1.29 is 23.7 Å². The van der Waals surface area contributed by atoms with Crippen LogP contribution in [0.1, 0.15) is 29.8 Å². The lowest BCUT2D eigenvalue weighted by atomic mass is 10.1. The highest BCUT2D eigenvalue weighted by Gasteiger charge is 2.15. The van der Waals surface area contributed by atoms with E-state index in [9.17, 15) is 14.4 Å². The highest BCUT2D eigenvalue weighted by Crippen LogP contribution is 2.30. The van der Waals surface area contributed by atoms with E-state index in [2.05, 4.69) is 10.3 Å². The summed E-state index contributed by atoms with van der Waals surface area (Å²) < 4.78 is 22.4. The van der Waals surface area contributed by atoms with Crippen LogP contribution in [0, 0.1) is 0 Å². The Morgan fingerprint density at radius 2 is 1.62 bits per heavy atom. The smallest absolute Gasteiger partial charge is 0.329 e. The number of nitrogens with one attached hydrogen (secondary N) is 2. The number of aromatic amines is 1. The number of rotatable bonds is 11. The van der Waals surface area contributed by atoms with Gasteiger partial charge in [0.05, 0.1) is 37.2 Å². The molecule has 0 fully saturated rings. The average Bonchev–Trinajstić information content (AvgIpc) is 2.84. The molecule has 1 amide bonds. The zero-order valence-corrected chi connectivity index (χ0v) is 19.7. The van der Waals surface area contributed by atoms with Crippen LogP contribution < -0.4 is 26.0 Å². The summed E-state index contributed by atoms with van der Waals surface area (Å²) in [5, 5.41) is 3.03. The number of ether oxygens (including phenoxy) is 4. The summed E-state index contributed by atoms with van der Waals surface area (Å²) in [6, 6.07) is 9.82. The lowest BCUT2D eigenvalue weighted by Crippen LogP contribution is -2.35. The van der Waals surface area contributed by atoms with Crippen molar-refractivity contribution in [3.63, 3.8) is 0 Å². The van der Waals surface area contributed by atoms with E-state index in [1.807, 2.05) is 13.8 Å². The van der Waals surface area contributed by atoms with Crippen molar-refractivity contribution in [2.75, 3.05) is 34.0 Å². The average molecular weight is 472 g/mol. The number of methoxy groups -OCH3 is 2. The molecule has 182 valence electrons. The molecule has 2 aromatic carbocycles. The van der Waals surface area contributed by atoms with Gasteiger partial charge in [0.1, 0.15) is 0 Å². The van der Waals surface area contributed by atoms with Crippen molar-refractivity contribution in [2.45, 2.75) is 26.7 Å². The molecule has 0 aliphatic heterocycles. The van der Waals surface area contributed by atoms with Crippen LogP contribution in [0.5, 0.6) is 11.5 Å². The molecule has 1 aromatic heterocycles. The lowest BCUT2D eigenvalue weighted by molar-refractivity contribution is -0.0974. The molecule has 0 aliphatic carbocycles. The van der Waals surface area contributed by atoms with Crippen molar-refractivity contribution in [2.24, 2.45) is 0 Å². The van der Waals surface area contributed by atoms with E-state index in [4.69, 9.17) is 18.9 Å². The van der Waals surface area contributed by atoms with Crippen molar-refractivity contribution in [3.8, 4) is 11.5 Å². The number of carbonyl (C=O) groups is 1. The van der Waals surface area contributed by atoms with E-state index in [1.165, 1.54) is 14.2 Å². The molecule has 34 heavy (non-hydrogen) atoms. The second kappa shape index (κ2) is 11.5. The number of H-pyrrole nitrogens is 1. The van der Waals surface area contributed by atoms with E-state index in [1.54, 1.807) is 36.4 Å². The highest BCUT2D eigenvalue weighted by molar-refractivity contribution is 5.94. The molecule has 0 saturated heterocycles. The van der Waals surface area contributed by atoms with Crippen LogP contribution in [0.2, 0.25) is 0 Å². The molecule has 0 aliphatic rings. The highest BCUT2D eigenvalue weighted by atomic mass is 16.7. The Balaban J connectivity index is 1.85. The number of aromatic nitrogens is 2. The fourth-order valence-electron chi connectivity index (χ4n) is 3.43. The Labute approximate surface area is 196 Å². The summed E-state index contributed by atoms with van der Waals surface area (Å²) in [5.74, 6) is 0.604. The summed E-state index contributed by atoms with van der Waals surface area (Å²) in [6.07, 6.45) is -0.539. The minimum atomic E-state index is -0.545. The number of carbonyl (C=O) groups excluding carboxylic acids is 1. The maximum Gasteiger partial charge on any atom is 0.329 e. The van der Waals surface area contributed by atoms with Gasteiger partial charge in [-0.3, -0.25) is 14.2 Å². The fourth-order valence-corrected chi connectivity index (χ4v) is 3.43. The van der Waals surface area contributed by atoms with Crippen LogP contribution >= 0.6 is 0 Å². The maximum absolute atomic E-state index is 13.1. The van der Waals surface area contributed by atoms with Crippen molar-refractivity contribution in [1.29, 1.82) is 0 Å². The first-order valence-electron chi connectivity index (χ1n) is 10.9. The molecular weight excluding hydrogens is 442 g/mol. The molecule has 10 nitrogen and oxygen atoms in total. The second-order valence-corrected chi connectivity index (χ2v) is 7.34. The SMILES string of the molecule is CCOc1cc2[nH]c(=O)n(Cc3ccc(C(=O)NCC(OC)OC)cc3)c(=O)c2cc1OCC. The van der Waals surface area contributed by atoms with Gasteiger partial charge in [-0.2, -0.15) is 0 Å². The van der Waals surface area contributed by atoms with Crippen molar-refractivity contribution >= 4 is 16.8 Å². The molecule has 0 saturated carbocycles. The standard InChI is InChI=1S/C24H29N3O7/c1-5-33-19-11-17-18(12-20(19)34-6-2)26-24(30)27(23(17)29)14-15-7-9-16(10-8-15)22(28)25-13-21(31-3)32-4/h7-12,21H,5-6,13-14H2,1-4H3,(H,25,28)(H,26,30). The van der Waals surface area contributed by atoms with Crippen LogP contribution in [0.3, 0.4) is 0 Å². The molecule has 0 spiro atoms. The predicted molar refractivity (Wildman–Crippen MR) is 127 cm³/mol. The Morgan fingerprint density at radius 3 is 2.21 bits per heavy atom. The second-order valence-electron chi connectivity index (χ2n) is 7.34. The number of amides is 1. The van der Waals surface area contributed by atoms with Crippen molar-refractivity contribution in [3.05, 3.63) is 68.4 Å². The first kappa shape index (κ1) is 25.0. The van der Waals surface area contributed by atoms with Crippen LogP contribution in [-0.4, -0.2) is 55.7 Å². The lowest BCUT2D eigenvalue weighted by Gasteiger charge is -2.14. The van der Waals surface area contributed by atoms with E-state index in [0.29, 0.717) is 46.7 Å². The van der Waals surface area contributed by atoms with E-state index in [0.717, 1.165) is 4.57 Å². The summed E-state index contributed by atoms with van der Waals surface area (Å²) >= 11 is 0. The summed E-state index contributed by atoms with van der Waals surface area (Å²) in [4.78, 5) is 40.8. The number of hydrogen-bond acceptors (Lipinski definition) is 7. The van der Waals surface area contributed by atoms with Crippen LogP contribution in [0.25, 0.3) is 10.9 Å². The molecule has 3 rings (SSSR count). The number of fused-ring (bicyclic) bond motifs is 1. The normalized spacial score (nSPS) is 11.1. The summed E-state index contributed by atoms with van der Waals surface area (Å²) in [7, 11) is 2.97. The summed E-state index contributed by atoms with van der Waals surface area (Å²) in [5.41, 5.74) is 0.492. The van der Waals surface area contributed by atoms with Gasteiger partial charge >= 0.3 is 5.69 Å². The molecule has 0 radical (unpaired) electrons. The fraction of sp³-hybridized carbons (Fsp3) is 0.375. The molecule has 1 heterocycles. The topological polar surface area (TPSA) is 121 Å².